The zero-order chi connectivity index (χ0) is 15.2. The SMILES string of the molecule is CCNc1cc(COc2ccc(Br)cc2)ccc1[N+](=O)[O-]. The van der Waals surface area contributed by atoms with Crippen molar-refractivity contribution in [3.8, 4) is 5.75 Å². The summed E-state index contributed by atoms with van der Waals surface area (Å²) in [7, 11) is 0. The zero-order valence-electron chi connectivity index (χ0n) is 11.5. The van der Waals surface area contributed by atoms with Crippen LogP contribution in [0.15, 0.2) is 46.9 Å². The highest BCUT2D eigenvalue weighted by molar-refractivity contribution is 9.10. The average Bonchev–Trinajstić information content (AvgIpc) is 2.47. The Bertz CT molecular complexity index is 629. The van der Waals surface area contributed by atoms with Gasteiger partial charge in [0.25, 0.3) is 5.69 Å². The fraction of sp³-hybridized carbons (Fsp3) is 0.200. The molecule has 0 radical (unpaired) electrons. The first-order valence-corrected chi connectivity index (χ1v) is 7.29. The van der Waals surface area contributed by atoms with Gasteiger partial charge in [0.2, 0.25) is 0 Å². The minimum Gasteiger partial charge on any atom is -0.489 e. The molecule has 0 unspecified atom stereocenters. The lowest BCUT2D eigenvalue weighted by Gasteiger charge is -2.09. The summed E-state index contributed by atoms with van der Waals surface area (Å²) in [6.45, 7) is 2.88. The molecule has 0 bridgehead atoms. The molecule has 2 aromatic rings. The second-order valence-electron chi connectivity index (χ2n) is 4.38. The summed E-state index contributed by atoms with van der Waals surface area (Å²) in [6, 6.07) is 12.5. The van der Waals surface area contributed by atoms with Crippen molar-refractivity contribution in [2.75, 3.05) is 11.9 Å². The summed E-state index contributed by atoms with van der Waals surface area (Å²) >= 11 is 3.36. The minimum atomic E-state index is -0.392. The number of rotatable bonds is 6. The van der Waals surface area contributed by atoms with Crippen molar-refractivity contribution in [2.24, 2.45) is 0 Å². The van der Waals surface area contributed by atoms with Crippen LogP contribution in [0.4, 0.5) is 11.4 Å². The van der Waals surface area contributed by atoms with Gasteiger partial charge in [0.1, 0.15) is 18.0 Å². The number of hydrogen-bond acceptors (Lipinski definition) is 4. The van der Waals surface area contributed by atoms with Crippen molar-refractivity contribution in [3.05, 3.63) is 62.6 Å². The standard InChI is InChI=1S/C15H15BrN2O3/c1-2-17-14-9-11(3-8-15(14)18(19)20)10-21-13-6-4-12(16)5-7-13/h3-9,17H,2,10H2,1H3. The van der Waals surface area contributed by atoms with Gasteiger partial charge < -0.3 is 10.1 Å². The van der Waals surface area contributed by atoms with Crippen LogP contribution in [-0.4, -0.2) is 11.5 Å². The molecule has 0 atom stereocenters. The molecule has 0 aliphatic heterocycles. The topological polar surface area (TPSA) is 64.4 Å². The highest BCUT2D eigenvalue weighted by atomic mass is 79.9. The van der Waals surface area contributed by atoms with Gasteiger partial charge in [0.05, 0.1) is 4.92 Å². The molecule has 0 saturated carbocycles. The van der Waals surface area contributed by atoms with E-state index in [0.717, 1.165) is 15.8 Å². The first-order valence-electron chi connectivity index (χ1n) is 6.49. The predicted molar refractivity (Wildman–Crippen MR) is 85.7 cm³/mol. The highest BCUT2D eigenvalue weighted by Crippen LogP contribution is 2.26. The van der Waals surface area contributed by atoms with Crippen molar-refractivity contribution < 1.29 is 9.66 Å². The number of nitro benzene ring substituents is 1. The molecule has 110 valence electrons. The molecule has 0 fully saturated rings. The number of nitrogens with one attached hydrogen (secondary N) is 1. The lowest BCUT2D eigenvalue weighted by molar-refractivity contribution is -0.384. The maximum absolute atomic E-state index is 10.9. The predicted octanol–water partition coefficient (Wildman–Crippen LogP) is 4.37. The lowest BCUT2D eigenvalue weighted by atomic mass is 10.2. The summed E-state index contributed by atoms with van der Waals surface area (Å²) in [5.74, 6) is 0.751. The van der Waals surface area contributed by atoms with Crippen molar-refractivity contribution in [1.29, 1.82) is 0 Å². The van der Waals surface area contributed by atoms with Crippen LogP contribution in [0.5, 0.6) is 5.75 Å². The van der Waals surface area contributed by atoms with E-state index in [-0.39, 0.29) is 5.69 Å². The Morgan fingerprint density at radius 1 is 1.24 bits per heavy atom. The molecular weight excluding hydrogens is 336 g/mol. The zero-order valence-corrected chi connectivity index (χ0v) is 13.1. The van der Waals surface area contributed by atoms with Gasteiger partial charge in [-0.2, -0.15) is 0 Å². The molecule has 0 spiro atoms. The molecule has 0 aromatic heterocycles. The first-order chi connectivity index (χ1) is 10.1. The number of ether oxygens (including phenoxy) is 1. The summed E-state index contributed by atoms with van der Waals surface area (Å²) in [5.41, 5.74) is 1.46. The second-order valence-corrected chi connectivity index (χ2v) is 5.30. The largest absolute Gasteiger partial charge is 0.489 e. The first kappa shape index (κ1) is 15.3. The highest BCUT2D eigenvalue weighted by Gasteiger charge is 2.13. The maximum atomic E-state index is 10.9. The molecule has 0 saturated heterocycles. The van der Waals surface area contributed by atoms with Gasteiger partial charge in [0.15, 0.2) is 0 Å². The Labute approximate surface area is 131 Å². The second kappa shape index (κ2) is 7.08. The van der Waals surface area contributed by atoms with Crippen LogP contribution >= 0.6 is 15.9 Å². The quantitative estimate of drug-likeness (QED) is 0.620. The van der Waals surface area contributed by atoms with Gasteiger partial charge in [-0.05, 0) is 48.9 Å². The van der Waals surface area contributed by atoms with Gasteiger partial charge in [-0.1, -0.05) is 15.9 Å². The van der Waals surface area contributed by atoms with E-state index < -0.39 is 4.92 Å². The van der Waals surface area contributed by atoms with E-state index in [0.29, 0.717) is 18.8 Å². The molecule has 6 heteroatoms. The Balaban J connectivity index is 2.11. The van der Waals surface area contributed by atoms with E-state index in [9.17, 15) is 10.1 Å². The van der Waals surface area contributed by atoms with Crippen LogP contribution in [0.1, 0.15) is 12.5 Å². The van der Waals surface area contributed by atoms with Crippen molar-refractivity contribution in [3.63, 3.8) is 0 Å². The van der Waals surface area contributed by atoms with E-state index in [1.165, 1.54) is 6.07 Å². The fourth-order valence-electron chi connectivity index (χ4n) is 1.86. The summed E-state index contributed by atoms with van der Waals surface area (Å²) in [6.07, 6.45) is 0. The Hall–Kier alpha value is -2.08. The monoisotopic (exact) mass is 350 g/mol. The molecule has 5 nitrogen and oxygen atoms in total. The van der Waals surface area contributed by atoms with Crippen LogP contribution in [-0.2, 0) is 6.61 Å². The van der Waals surface area contributed by atoms with Crippen LogP contribution in [0.25, 0.3) is 0 Å². The van der Waals surface area contributed by atoms with Gasteiger partial charge >= 0.3 is 0 Å². The molecule has 0 aliphatic rings. The van der Waals surface area contributed by atoms with Crippen LogP contribution in [0.3, 0.4) is 0 Å². The van der Waals surface area contributed by atoms with E-state index >= 15 is 0 Å². The molecule has 21 heavy (non-hydrogen) atoms. The molecule has 0 heterocycles. The number of nitro groups is 1. The Morgan fingerprint density at radius 2 is 1.95 bits per heavy atom. The van der Waals surface area contributed by atoms with Gasteiger partial charge in [0, 0.05) is 17.1 Å². The number of benzene rings is 2. The molecule has 0 amide bonds. The van der Waals surface area contributed by atoms with Crippen LogP contribution in [0.2, 0.25) is 0 Å². The van der Waals surface area contributed by atoms with E-state index in [4.69, 9.17) is 4.74 Å². The lowest BCUT2D eigenvalue weighted by Crippen LogP contribution is -2.03. The third kappa shape index (κ3) is 4.19. The Kier molecular flexibility index (Phi) is 5.16. The van der Waals surface area contributed by atoms with Gasteiger partial charge in [-0.15, -0.1) is 0 Å². The smallest absolute Gasteiger partial charge is 0.292 e. The van der Waals surface area contributed by atoms with Gasteiger partial charge in [-0.3, -0.25) is 10.1 Å². The number of anilines is 1. The minimum absolute atomic E-state index is 0.0734. The van der Waals surface area contributed by atoms with E-state index in [1.807, 2.05) is 31.2 Å². The third-order valence-corrected chi connectivity index (χ3v) is 3.37. The van der Waals surface area contributed by atoms with Crippen molar-refractivity contribution in [1.82, 2.24) is 0 Å². The molecule has 2 rings (SSSR count). The molecule has 2 aromatic carbocycles. The Morgan fingerprint density at radius 3 is 2.57 bits per heavy atom. The normalized spacial score (nSPS) is 10.2. The van der Waals surface area contributed by atoms with Gasteiger partial charge in [-0.25, -0.2) is 0 Å². The third-order valence-electron chi connectivity index (χ3n) is 2.84. The summed E-state index contributed by atoms with van der Waals surface area (Å²) < 4.78 is 6.65. The number of nitrogens with zero attached hydrogens (tertiary/aromatic N) is 1. The molecular formula is C15H15BrN2O3. The van der Waals surface area contributed by atoms with Crippen LogP contribution in [0, 0.1) is 10.1 Å². The number of hydrogen-bond donors (Lipinski definition) is 1. The molecule has 0 aliphatic carbocycles. The van der Waals surface area contributed by atoms with E-state index in [2.05, 4.69) is 21.2 Å². The van der Waals surface area contributed by atoms with Crippen molar-refractivity contribution in [2.45, 2.75) is 13.5 Å². The number of halogens is 1. The summed E-state index contributed by atoms with van der Waals surface area (Å²) in [4.78, 5) is 10.6. The van der Waals surface area contributed by atoms with E-state index in [1.54, 1.807) is 12.1 Å². The summed E-state index contributed by atoms with van der Waals surface area (Å²) in [5, 5.41) is 13.9. The van der Waals surface area contributed by atoms with Crippen LogP contribution < -0.4 is 10.1 Å². The maximum Gasteiger partial charge on any atom is 0.292 e. The van der Waals surface area contributed by atoms with Crippen molar-refractivity contribution >= 4 is 27.3 Å². The average molecular weight is 351 g/mol. The fourth-order valence-corrected chi connectivity index (χ4v) is 2.13. The molecule has 1 N–H and O–H groups in total.